The van der Waals surface area contributed by atoms with Gasteiger partial charge in [0, 0.05) is 32.9 Å². The Labute approximate surface area is 121 Å². The third kappa shape index (κ3) is 4.23. The van der Waals surface area contributed by atoms with Gasteiger partial charge in [-0.05, 0) is 43.5 Å². The van der Waals surface area contributed by atoms with Crippen molar-refractivity contribution >= 4 is 11.6 Å². The predicted octanol–water partition coefficient (Wildman–Crippen LogP) is 1.41. The van der Waals surface area contributed by atoms with Crippen molar-refractivity contribution < 1.29 is 4.79 Å². The molecule has 4 heteroatoms. The van der Waals surface area contributed by atoms with Crippen molar-refractivity contribution in [3.63, 3.8) is 0 Å². The molecule has 1 atom stereocenters. The Hall–Kier alpha value is -1.55. The molecule has 0 radical (unpaired) electrons. The van der Waals surface area contributed by atoms with Crippen LogP contribution in [0.1, 0.15) is 18.4 Å². The first kappa shape index (κ1) is 14.9. The molecule has 1 aliphatic rings. The first-order valence-electron chi connectivity index (χ1n) is 7.41. The number of rotatable bonds is 5. The lowest BCUT2D eigenvalue weighted by molar-refractivity contribution is -0.125. The fraction of sp³-hybridized carbons (Fsp3) is 0.562. The van der Waals surface area contributed by atoms with Crippen molar-refractivity contribution in [3.05, 3.63) is 29.8 Å². The molecule has 0 unspecified atom stereocenters. The number of benzene rings is 1. The Morgan fingerprint density at radius 2 is 2.10 bits per heavy atom. The lowest BCUT2D eigenvalue weighted by atomic mass is 9.99. The zero-order valence-electron chi connectivity index (χ0n) is 12.5. The van der Waals surface area contributed by atoms with Gasteiger partial charge in [0.15, 0.2) is 0 Å². The Kier molecular flexibility index (Phi) is 5.41. The maximum atomic E-state index is 12.0. The van der Waals surface area contributed by atoms with Gasteiger partial charge in [-0.2, -0.15) is 0 Å². The molecule has 0 bridgehead atoms. The highest BCUT2D eigenvalue weighted by molar-refractivity contribution is 5.78. The topological polar surface area (TPSA) is 44.4 Å². The fourth-order valence-corrected chi connectivity index (χ4v) is 2.51. The number of hydrogen-bond acceptors (Lipinski definition) is 3. The standard InChI is InChI=1S/C16H25N3O/c1-19(2)15-7-5-13(6-8-15)9-11-18-16(20)14-4-3-10-17-12-14/h5-8,14,17H,3-4,9-12H2,1-2H3,(H,18,20)/t14-/m0/s1. The number of carbonyl (C=O) groups excluding carboxylic acids is 1. The van der Waals surface area contributed by atoms with Gasteiger partial charge in [-0.25, -0.2) is 0 Å². The number of nitrogens with zero attached hydrogens (tertiary/aromatic N) is 1. The minimum absolute atomic E-state index is 0.153. The van der Waals surface area contributed by atoms with Crippen LogP contribution < -0.4 is 15.5 Å². The molecule has 1 heterocycles. The minimum atomic E-state index is 0.153. The lowest BCUT2D eigenvalue weighted by Crippen LogP contribution is -2.41. The van der Waals surface area contributed by atoms with Gasteiger partial charge in [-0.15, -0.1) is 0 Å². The van der Waals surface area contributed by atoms with Crippen LogP contribution in [-0.4, -0.2) is 39.6 Å². The van der Waals surface area contributed by atoms with Gasteiger partial charge in [-0.3, -0.25) is 4.79 Å². The lowest BCUT2D eigenvalue weighted by Gasteiger charge is -2.21. The summed E-state index contributed by atoms with van der Waals surface area (Å²) < 4.78 is 0. The van der Waals surface area contributed by atoms with Gasteiger partial charge in [0.1, 0.15) is 0 Å². The molecule has 0 saturated carbocycles. The first-order valence-corrected chi connectivity index (χ1v) is 7.41. The van der Waals surface area contributed by atoms with Gasteiger partial charge in [-0.1, -0.05) is 12.1 Å². The van der Waals surface area contributed by atoms with E-state index >= 15 is 0 Å². The summed E-state index contributed by atoms with van der Waals surface area (Å²) in [6.45, 7) is 2.59. The SMILES string of the molecule is CN(C)c1ccc(CCNC(=O)[C@H]2CCCNC2)cc1. The van der Waals surface area contributed by atoms with Crippen LogP contribution in [0.2, 0.25) is 0 Å². The smallest absolute Gasteiger partial charge is 0.224 e. The number of nitrogens with one attached hydrogen (secondary N) is 2. The maximum absolute atomic E-state index is 12.0. The highest BCUT2D eigenvalue weighted by atomic mass is 16.1. The summed E-state index contributed by atoms with van der Waals surface area (Å²) in [6, 6.07) is 8.48. The highest BCUT2D eigenvalue weighted by Crippen LogP contribution is 2.13. The Balaban J connectivity index is 1.73. The molecule has 0 spiro atoms. The molecule has 0 aromatic heterocycles. The number of anilines is 1. The molecule has 1 fully saturated rings. The number of piperidine rings is 1. The Morgan fingerprint density at radius 1 is 1.35 bits per heavy atom. The van der Waals surface area contributed by atoms with E-state index in [1.807, 2.05) is 14.1 Å². The molecular formula is C16H25N3O. The normalized spacial score (nSPS) is 18.6. The van der Waals surface area contributed by atoms with E-state index < -0.39 is 0 Å². The molecule has 110 valence electrons. The summed E-state index contributed by atoms with van der Waals surface area (Å²) in [5.74, 6) is 0.349. The largest absolute Gasteiger partial charge is 0.378 e. The third-order valence-corrected chi connectivity index (χ3v) is 3.83. The van der Waals surface area contributed by atoms with Crippen molar-refractivity contribution in [2.75, 3.05) is 38.6 Å². The molecular weight excluding hydrogens is 250 g/mol. The third-order valence-electron chi connectivity index (χ3n) is 3.83. The van der Waals surface area contributed by atoms with E-state index in [9.17, 15) is 4.79 Å². The van der Waals surface area contributed by atoms with E-state index in [4.69, 9.17) is 0 Å². The molecule has 1 amide bonds. The van der Waals surface area contributed by atoms with Crippen molar-refractivity contribution in [2.45, 2.75) is 19.3 Å². The molecule has 0 aliphatic carbocycles. The van der Waals surface area contributed by atoms with Crippen LogP contribution in [0.5, 0.6) is 0 Å². The van der Waals surface area contributed by atoms with Crippen LogP contribution >= 0.6 is 0 Å². The summed E-state index contributed by atoms with van der Waals surface area (Å²) in [5, 5.41) is 6.32. The van der Waals surface area contributed by atoms with E-state index in [1.165, 1.54) is 11.3 Å². The van der Waals surface area contributed by atoms with Gasteiger partial charge in [0.2, 0.25) is 5.91 Å². The van der Waals surface area contributed by atoms with Crippen molar-refractivity contribution in [1.29, 1.82) is 0 Å². The number of carbonyl (C=O) groups is 1. The van der Waals surface area contributed by atoms with Crippen molar-refractivity contribution in [1.82, 2.24) is 10.6 Å². The second-order valence-corrected chi connectivity index (χ2v) is 5.65. The summed E-state index contributed by atoms with van der Waals surface area (Å²) in [5.41, 5.74) is 2.46. The van der Waals surface area contributed by atoms with Crippen LogP contribution in [0.4, 0.5) is 5.69 Å². The zero-order valence-corrected chi connectivity index (χ0v) is 12.5. The highest BCUT2D eigenvalue weighted by Gasteiger charge is 2.19. The quantitative estimate of drug-likeness (QED) is 0.854. The van der Waals surface area contributed by atoms with Crippen LogP contribution in [-0.2, 0) is 11.2 Å². The molecule has 1 saturated heterocycles. The molecule has 4 nitrogen and oxygen atoms in total. The average molecular weight is 275 g/mol. The monoisotopic (exact) mass is 275 g/mol. The van der Waals surface area contributed by atoms with E-state index in [0.717, 1.165) is 38.9 Å². The van der Waals surface area contributed by atoms with Gasteiger partial charge >= 0.3 is 0 Å². The number of hydrogen-bond donors (Lipinski definition) is 2. The number of amides is 1. The van der Waals surface area contributed by atoms with E-state index in [2.05, 4.69) is 39.8 Å². The van der Waals surface area contributed by atoms with Gasteiger partial charge in [0.25, 0.3) is 0 Å². The predicted molar refractivity (Wildman–Crippen MR) is 83.1 cm³/mol. The first-order chi connectivity index (χ1) is 9.66. The van der Waals surface area contributed by atoms with Crippen LogP contribution in [0.25, 0.3) is 0 Å². The summed E-state index contributed by atoms with van der Waals surface area (Å²) >= 11 is 0. The van der Waals surface area contributed by atoms with E-state index in [1.54, 1.807) is 0 Å². The van der Waals surface area contributed by atoms with Crippen LogP contribution in [0.3, 0.4) is 0 Å². The minimum Gasteiger partial charge on any atom is -0.378 e. The van der Waals surface area contributed by atoms with Crippen LogP contribution in [0, 0.1) is 5.92 Å². The average Bonchev–Trinajstić information content (AvgIpc) is 2.48. The zero-order chi connectivity index (χ0) is 14.4. The second-order valence-electron chi connectivity index (χ2n) is 5.65. The molecule has 20 heavy (non-hydrogen) atoms. The van der Waals surface area contributed by atoms with Crippen LogP contribution in [0.15, 0.2) is 24.3 Å². The molecule has 1 aliphatic heterocycles. The Bertz CT molecular complexity index is 422. The van der Waals surface area contributed by atoms with Crippen molar-refractivity contribution in [3.8, 4) is 0 Å². The van der Waals surface area contributed by atoms with Gasteiger partial charge < -0.3 is 15.5 Å². The molecule has 2 rings (SSSR count). The van der Waals surface area contributed by atoms with Crippen molar-refractivity contribution in [2.24, 2.45) is 5.92 Å². The molecule has 1 aromatic carbocycles. The second kappa shape index (κ2) is 7.29. The van der Waals surface area contributed by atoms with E-state index in [-0.39, 0.29) is 11.8 Å². The summed E-state index contributed by atoms with van der Waals surface area (Å²) in [4.78, 5) is 14.1. The molecule has 1 aromatic rings. The Morgan fingerprint density at radius 3 is 2.70 bits per heavy atom. The maximum Gasteiger partial charge on any atom is 0.224 e. The summed E-state index contributed by atoms with van der Waals surface area (Å²) in [7, 11) is 4.07. The summed E-state index contributed by atoms with van der Waals surface area (Å²) in [6.07, 6.45) is 3.00. The molecule has 2 N–H and O–H groups in total. The van der Waals surface area contributed by atoms with E-state index in [0.29, 0.717) is 0 Å². The van der Waals surface area contributed by atoms with Gasteiger partial charge in [0.05, 0.1) is 5.92 Å². The fourth-order valence-electron chi connectivity index (χ4n) is 2.51.